The molecule has 102 valence electrons. The highest BCUT2D eigenvalue weighted by atomic mass is 16.4. The van der Waals surface area contributed by atoms with E-state index in [1.165, 1.54) is 0 Å². The topological polar surface area (TPSA) is 74.6 Å². The SMILES string of the molecule is CC(=NO)c1ccc(NC(=O)c2ncccc2C)cc1. The van der Waals surface area contributed by atoms with Crippen molar-refractivity contribution < 1.29 is 10.0 Å². The van der Waals surface area contributed by atoms with Crippen LogP contribution in [0.25, 0.3) is 0 Å². The van der Waals surface area contributed by atoms with E-state index in [4.69, 9.17) is 5.21 Å². The van der Waals surface area contributed by atoms with Gasteiger partial charge < -0.3 is 10.5 Å². The third kappa shape index (κ3) is 3.00. The van der Waals surface area contributed by atoms with Crippen LogP contribution in [0, 0.1) is 6.92 Å². The van der Waals surface area contributed by atoms with Gasteiger partial charge in [0.15, 0.2) is 0 Å². The molecule has 0 fully saturated rings. The summed E-state index contributed by atoms with van der Waals surface area (Å²) in [7, 11) is 0. The number of hydrogen-bond donors (Lipinski definition) is 2. The Morgan fingerprint density at radius 2 is 1.95 bits per heavy atom. The van der Waals surface area contributed by atoms with Crippen molar-refractivity contribution in [1.29, 1.82) is 0 Å². The first-order valence-electron chi connectivity index (χ1n) is 6.14. The first kappa shape index (κ1) is 13.7. The van der Waals surface area contributed by atoms with E-state index in [-0.39, 0.29) is 5.91 Å². The zero-order valence-electron chi connectivity index (χ0n) is 11.3. The van der Waals surface area contributed by atoms with Gasteiger partial charge in [-0.3, -0.25) is 9.78 Å². The van der Waals surface area contributed by atoms with Crippen molar-refractivity contribution in [3.8, 4) is 0 Å². The van der Waals surface area contributed by atoms with Crippen molar-refractivity contribution in [1.82, 2.24) is 4.98 Å². The van der Waals surface area contributed by atoms with Crippen molar-refractivity contribution in [2.45, 2.75) is 13.8 Å². The van der Waals surface area contributed by atoms with Gasteiger partial charge >= 0.3 is 0 Å². The number of nitrogens with one attached hydrogen (secondary N) is 1. The quantitative estimate of drug-likeness (QED) is 0.511. The van der Waals surface area contributed by atoms with E-state index in [1.807, 2.05) is 13.0 Å². The van der Waals surface area contributed by atoms with E-state index in [1.54, 1.807) is 43.5 Å². The summed E-state index contributed by atoms with van der Waals surface area (Å²) in [5.74, 6) is -0.247. The molecule has 0 aliphatic rings. The van der Waals surface area contributed by atoms with Crippen molar-refractivity contribution in [3.05, 3.63) is 59.4 Å². The standard InChI is InChI=1S/C15H15N3O2/c1-10-4-3-9-16-14(10)15(19)17-13-7-5-12(6-8-13)11(2)18-20/h3-9,20H,1-2H3,(H,17,19). The molecule has 0 aliphatic heterocycles. The van der Waals surface area contributed by atoms with E-state index in [0.29, 0.717) is 17.1 Å². The number of benzene rings is 1. The third-order valence-electron chi connectivity index (χ3n) is 2.94. The predicted octanol–water partition coefficient (Wildman–Crippen LogP) is 2.84. The monoisotopic (exact) mass is 269 g/mol. The summed E-state index contributed by atoms with van der Waals surface area (Å²) in [4.78, 5) is 16.1. The summed E-state index contributed by atoms with van der Waals surface area (Å²) in [5, 5.41) is 14.6. The maximum atomic E-state index is 12.1. The van der Waals surface area contributed by atoms with Crippen LogP contribution in [0.3, 0.4) is 0 Å². The summed E-state index contributed by atoms with van der Waals surface area (Å²) < 4.78 is 0. The third-order valence-corrected chi connectivity index (χ3v) is 2.94. The average molecular weight is 269 g/mol. The Kier molecular flexibility index (Phi) is 4.10. The molecule has 2 N–H and O–H groups in total. The van der Waals surface area contributed by atoms with Gasteiger partial charge in [-0.2, -0.15) is 0 Å². The number of anilines is 1. The van der Waals surface area contributed by atoms with Gasteiger partial charge in [0.05, 0.1) is 5.71 Å². The molecule has 5 nitrogen and oxygen atoms in total. The van der Waals surface area contributed by atoms with Crippen molar-refractivity contribution in [3.63, 3.8) is 0 Å². The Labute approximate surface area is 117 Å². The Bertz CT molecular complexity index is 648. The number of carbonyl (C=O) groups is 1. The second-order valence-electron chi connectivity index (χ2n) is 4.39. The predicted molar refractivity (Wildman–Crippen MR) is 77.4 cm³/mol. The van der Waals surface area contributed by atoms with Crippen LogP contribution in [0.15, 0.2) is 47.8 Å². The van der Waals surface area contributed by atoms with Crippen LogP contribution in [0.5, 0.6) is 0 Å². The van der Waals surface area contributed by atoms with Gasteiger partial charge in [0.1, 0.15) is 5.69 Å². The van der Waals surface area contributed by atoms with Crippen molar-refractivity contribution >= 4 is 17.3 Å². The van der Waals surface area contributed by atoms with Crippen LogP contribution in [0.1, 0.15) is 28.5 Å². The highest BCUT2D eigenvalue weighted by Crippen LogP contribution is 2.12. The number of carbonyl (C=O) groups excluding carboxylic acids is 1. The second-order valence-corrected chi connectivity index (χ2v) is 4.39. The zero-order chi connectivity index (χ0) is 14.5. The maximum Gasteiger partial charge on any atom is 0.274 e. The summed E-state index contributed by atoms with van der Waals surface area (Å²) in [6.45, 7) is 3.54. The molecule has 0 aliphatic carbocycles. The molecule has 1 aromatic carbocycles. The molecule has 1 aromatic heterocycles. The van der Waals surface area contributed by atoms with Crippen molar-refractivity contribution in [2.24, 2.45) is 5.16 Å². The first-order valence-corrected chi connectivity index (χ1v) is 6.14. The number of hydrogen-bond acceptors (Lipinski definition) is 4. The Hall–Kier alpha value is -2.69. The fraction of sp³-hybridized carbons (Fsp3) is 0.133. The molecule has 2 rings (SSSR count). The largest absolute Gasteiger partial charge is 0.411 e. The normalized spacial score (nSPS) is 11.2. The fourth-order valence-electron chi connectivity index (χ4n) is 1.77. The summed E-state index contributed by atoms with van der Waals surface area (Å²) in [5.41, 5.74) is 3.20. The number of oxime groups is 1. The molecule has 0 bridgehead atoms. The van der Waals surface area contributed by atoms with Crippen molar-refractivity contribution in [2.75, 3.05) is 5.32 Å². The fourth-order valence-corrected chi connectivity index (χ4v) is 1.77. The van der Waals surface area contributed by atoms with Gasteiger partial charge in [0.25, 0.3) is 5.91 Å². The number of aryl methyl sites for hydroxylation is 1. The lowest BCUT2D eigenvalue weighted by molar-refractivity contribution is 0.102. The van der Waals surface area contributed by atoms with Gasteiger partial charge in [0.2, 0.25) is 0 Å². The lowest BCUT2D eigenvalue weighted by Crippen LogP contribution is -2.15. The molecule has 20 heavy (non-hydrogen) atoms. The lowest BCUT2D eigenvalue weighted by atomic mass is 10.1. The minimum absolute atomic E-state index is 0.247. The van der Waals surface area contributed by atoms with Gasteiger partial charge in [0, 0.05) is 11.9 Å². The van der Waals surface area contributed by atoms with Crippen LogP contribution in [0.4, 0.5) is 5.69 Å². The molecule has 0 atom stereocenters. The number of nitrogens with zero attached hydrogens (tertiary/aromatic N) is 2. The Balaban J connectivity index is 2.15. The minimum atomic E-state index is -0.247. The minimum Gasteiger partial charge on any atom is -0.411 e. The molecular weight excluding hydrogens is 254 g/mol. The first-order chi connectivity index (χ1) is 9.61. The van der Waals surface area contributed by atoms with Crippen LogP contribution < -0.4 is 5.32 Å². The molecule has 2 aromatic rings. The van der Waals surface area contributed by atoms with E-state index in [2.05, 4.69) is 15.5 Å². The van der Waals surface area contributed by atoms with Crippen LogP contribution in [0.2, 0.25) is 0 Å². The van der Waals surface area contributed by atoms with E-state index < -0.39 is 0 Å². The second kappa shape index (κ2) is 5.97. The zero-order valence-corrected chi connectivity index (χ0v) is 11.3. The van der Waals surface area contributed by atoms with Crippen LogP contribution >= 0.6 is 0 Å². The molecule has 0 spiro atoms. The highest BCUT2D eigenvalue weighted by Gasteiger charge is 2.10. The lowest BCUT2D eigenvalue weighted by Gasteiger charge is -2.07. The van der Waals surface area contributed by atoms with Crippen LogP contribution in [-0.2, 0) is 0 Å². The van der Waals surface area contributed by atoms with Gasteiger partial charge in [-0.25, -0.2) is 0 Å². The Morgan fingerprint density at radius 3 is 2.55 bits per heavy atom. The molecule has 5 heteroatoms. The van der Waals surface area contributed by atoms with E-state index in [9.17, 15) is 4.79 Å². The molecule has 0 radical (unpaired) electrons. The molecular formula is C15H15N3O2. The number of pyridine rings is 1. The molecule has 0 saturated heterocycles. The maximum absolute atomic E-state index is 12.1. The molecule has 0 saturated carbocycles. The average Bonchev–Trinajstić information content (AvgIpc) is 2.47. The number of aromatic nitrogens is 1. The molecule has 0 unspecified atom stereocenters. The van der Waals surface area contributed by atoms with E-state index >= 15 is 0 Å². The van der Waals surface area contributed by atoms with Gasteiger partial charge in [-0.15, -0.1) is 0 Å². The highest BCUT2D eigenvalue weighted by molar-refractivity contribution is 6.04. The van der Waals surface area contributed by atoms with Crippen LogP contribution in [-0.4, -0.2) is 21.8 Å². The number of amides is 1. The summed E-state index contributed by atoms with van der Waals surface area (Å²) >= 11 is 0. The van der Waals surface area contributed by atoms with Gasteiger partial charge in [-0.05, 0) is 43.2 Å². The molecule has 1 heterocycles. The number of rotatable bonds is 3. The van der Waals surface area contributed by atoms with E-state index in [0.717, 1.165) is 11.1 Å². The molecule has 1 amide bonds. The Morgan fingerprint density at radius 1 is 1.25 bits per heavy atom. The smallest absolute Gasteiger partial charge is 0.274 e. The summed E-state index contributed by atoms with van der Waals surface area (Å²) in [6.07, 6.45) is 1.59. The summed E-state index contributed by atoms with van der Waals surface area (Å²) in [6, 6.07) is 10.7. The van der Waals surface area contributed by atoms with Gasteiger partial charge in [-0.1, -0.05) is 23.4 Å².